The van der Waals surface area contributed by atoms with Crippen molar-refractivity contribution in [2.24, 2.45) is 5.92 Å². The highest BCUT2D eigenvalue weighted by Crippen LogP contribution is 2.39. The Bertz CT molecular complexity index is 1060. The van der Waals surface area contributed by atoms with Gasteiger partial charge >= 0.3 is 0 Å². The molecule has 0 aromatic carbocycles. The zero-order valence-corrected chi connectivity index (χ0v) is 20.6. The van der Waals surface area contributed by atoms with Crippen molar-refractivity contribution < 1.29 is 19.4 Å². The van der Waals surface area contributed by atoms with Gasteiger partial charge in [-0.25, -0.2) is 0 Å². The summed E-state index contributed by atoms with van der Waals surface area (Å²) in [7, 11) is 1.61. The molecule has 2 unspecified atom stereocenters. The van der Waals surface area contributed by atoms with Gasteiger partial charge in [-0.3, -0.25) is 9.59 Å². The number of carbonyl (C=O) groups is 2. The lowest BCUT2D eigenvalue weighted by molar-refractivity contribution is -0.136. The fourth-order valence-electron chi connectivity index (χ4n) is 4.99. The topological polar surface area (TPSA) is 122 Å². The Balaban J connectivity index is 1.42. The first kappa shape index (κ1) is 23.8. The average Bonchev–Trinajstić information content (AvgIpc) is 3.37. The predicted octanol–water partition coefficient (Wildman–Crippen LogP) is 2.13. The maximum Gasteiger partial charge on any atom is 0.266 e. The van der Waals surface area contributed by atoms with Gasteiger partial charge in [-0.2, -0.15) is 5.10 Å². The van der Waals surface area contributed by atoms with Gasteiger partial charge in [0.05, 0.1) is 36.1 Å². The van der Waals surface area contributed by atoms with Crippen molar-refractivity contribution in [2.45, 2.75) is 58.2 Å². The number of amides is 2. The number of hydrogen-bond acceptors (Lipinski definition) is 8. The molecule has 2 aromatic rings. The highest BCUT2D eigenvalue weighted by atomic mass is 32.1. The number of nitrogens with two attached hydrogens (primary N) is 1. The average molecular weight is 476 g/mol. The number of thiophene rings is 1. The Morgan fingerprint density at radius 2 is 1.94 bits per heavy atom. The summed E-state index contributed by atoms with van der Waals surface area (Å²) in [6.45, 7) is 7.70. The molecule has 3 N–H and O–H groups in total. The summed E-state index contributed by atoms with van der Waals surface area (Å²) in [5.74, 6) is -0.0220. The van der Waals surface area contributed by atoms with E-state index < -0.39 is 5.60 Å². The molecule has 2 saturated heterocycles. The first-order valence-corrected chi connectivity index (χ1v) is 12.3. The summed E-state index contributed by atoms with van der Waals surface area (Å²) >= 11 is 1.26. The van der Waals surface area contributed by atoms with Crippen molar-refractivity contribution in [3.05, 3.63) is 16.1 Å². The van der Waals surface area contributed by atoms with Gasteiger partial charge in [0.15, 0.2) is 0 Å². The lowest BCUT2D eigenvalue weighted by Crippen LogP contribution is -2.48. The summed E-state index contributed by atoms with van der Waals surface area (Å²) < 4.78 is 5.20. The smallest absolute Gasteiger partial charge is 0.266 e. The van der Waals surface area contributed by atoms with Crippen LogP contribution in [0.2, 0.25) is 0 Å². The number of methoxy groups -OCH3 is 1. The summed E-state index contributed by atoms with van der Waals surface area (Å²) in [4.78, 5) is 30.4. The van der Waals surface area contributed by atoms with Crippen molar-refractivity contribution in [3.8, 4) is 0 Å². The number of aromatic nitrogens is 2. The van der Waals surface area contributed by atoms with Crippen LogP contribution in [0.4, 0.5) is 5.69 Å². The molecule has 9 nitrogen and oxygen atoms in total. The van der Waals surface area contributed by atoms with E-state index in [0.717, 1.165) is 29.5 Å². The molecular weight excluding hydrogens is 442 g/mol. The second-order valence-electron chi connectivity index (χ2n) is 9.42. The molecule has 0 saturated carbocycles. The molecule has 2 amide bonds. The quantitative estimate of drug-likeness (QED) is 0.679. The van der Waals surface area contributed by atoms with Crippen LogP contribution in [0.3, 0.4) is 0 Å². The van der Waals surface area contributed by atoms with E-state index in [-0.39, 0.29) is 30.4 Å². The van der Waals surface area contributed by atoms with Crippen molar-refractivity contribution in [2.75, 3.05) is 39.0 Å². The highest BCUT2D eigenvalue weighted by Gasteiger charge is 2.46. The van der Waals surface area contributed by atoms with Gasteiger partial charge in [-0.15, -0.1) is 16.4 Å². The summed E-state index contributed by atoms with van der Waals surface area (Å²) in [6, 6.07) is 0. The van der Waals surface area contributed by atoms with Gasteiger partial charge in [0.2, 0.25) is 5.91 Å². The van der Waals surface area contributed by atoms with Crippen LogP contribution in [0, 0.1) is 19.8 Å². The second kappa shape index (κ2) is 9.15. The van der Waals surface area contributed by atoms with E-state index in [1.807, 2.05) is 25.7 Å². The molecular formula is C23H33N5O4S. The number of nitrogens with zero attached hydrogens (tertiary/aromatic N) is 4. The van der Waals surface area contributed by atoms with Gasteiger partial charge in [-0.1, -0.05) is 0 Å². The van der Waals surface area contributed by atoms with Gasteiger partial charge in [-0.05, 0) is 51.5 Å². The maximum absolute atomic E-state index is 13.3. The van der Waals surface area contributed by atoms with Gasteiger partial charge in [0.25, 0.3) is 5.91 Å². The van der Waals surface area contributed by atoms with Crippen LogP contribution in [0.5, 0.6) is 0 Å². The molecule has 0 bridgehead atoms. The molecule has 0 radical (unpaired) electrons. The fraction of sp³-hybridized carbons (Fsp3) is 0.652. The number of fused-ring (bicyclic) bond motifs is 1. The molecule has 2 aliphatic rings. The number of nitrogen functional groups attached to an aromatic ring is 1. The molecule has 33 heavy (non-hydrogen) atoms. The number of β-amino-alcohol motifs (C(OH)–C–C–N with tert-alkyl or cyclic N) is 1. The Morgan fingerprint density at radius 1 is 1.24 bits per heavy atom. The van der Waals surface area contributed by atoms with Crippen LogP contribution in [-0.2, 0) is 9.53 Å². The minimum atomic E-state index is -0.942. The van der Waals surface area contributed by atoms with E-state index in [0.29, 0.717) is 47.9 Å². The minimum absolute atomic E-state index is 0.0507. The lowest BCUT2D eigenvalue weighted by Gasteiger charge is -2.39. The van der Waals surface area contributed by atoms with Crippen molar-refractivity contribution in [3.63, 3.8) is 0 Å². The Labute approximate surface area is 197 Å². The monoisotopic (exact) mass is 475 g/mol. The van der Waals surface area contributed by atoms with Gasteiger partial charge in [0.1, 0.15) is 9.71 Å². The molecule has 10 heteroatoms. The number of hydrogen-bond donors (Lipinski definition) is 2. The number of likely N-dealkylation sites (tertiary alicyclic amines) is 2. The Hall–Kier alpha value is -2.30. The number of rotatable bonds is 5. The van der Waals surface area contributed by atoms with E-state index in [4.69, 9.17) is 10.5 Å². The molecule has 2 aromatic heterocycles. The number of anilines is 1. The molecule has 0 spiro atoms. The van der Waals surface area contributed by atoms with E-state index in [1.165, 1.54) is 11.3 Å². The highest BCUT2D eigenvalue weighted by molar-refractivity contribution is 7.21. The standard InChI is InChI=1S/C23H33N5O4S/c1-13(32-4)11-17(29)27-8-5-16(6-9-27)23(31)7-10-28(12-23)22(30)20-19(24)18-14(2)15(3)25-26-21(18)33-20/h13,16,31H,5-12,24H2,1-4H3. The third-order valence-electron chi connectivity index (χ3n) is 7.37. The Morgan fingerprint density at radius 3 is 2.61 bits per heavy atom. The zero-order valence-electron chi connectivity index (χ0n) is 19.8. The SMILES string of the molecule is COC(C)CC(=O)N1CCC(C2(O)CCN(C(=O)c3sc4nnc(C)c(C)c4c3N)C2)CC1. The molecule has 4 heterocycles. The fourth-order valence-corrected chi connectivity index (χ4v) is 6.06. The van der Waals surface area contributed by atoms with Crippen LogP contribution in [0.1, 0.15) is 53.5 Å². The van der Waals surface area contributed by atoms with Crippen LogP contribution >= 0.6 is 11.3 Å². The minimum Gasteiger partial charge on any atom is -0.397 e. The molecule has 2 atom stereocenters. The third kappa shape index (κ3) is 4.43. The summed E-state index contributed by atoms with van der Waals surface area (Å²) in [6.07, 6.45) is 2.25. The summed E-state index contributed by atoms with van der Waals surface area (Å²) in [5, 5.41) is 20.6. The molecule has 180 valence electrons. The molecule has 0 aliphatic carbocycles. The van der Waals surface area contributed by atoms with Crippen LogP contribution in [-0.4, -0.2) is 81.9 Å². The summed E-state index contributed by atoms with van der Waals surface area (Å²) in [5.41, 5.74) is 7.60. The van der Waals surface area contributed by atoms with Crippen LogP contribution < -0.4 is 5.73 Å². The first-order chi connectivity index (χ1) is 15.6. The van der Waals surface area contributed by atoms with E-state index in [1.54, 1.807) is 12.0 Å². The number of aliphatic hydroxyl groups is 1. The molecule has 2 aliphatic heterocycles. The largest absolute Gasteiger partial charge is 0.397 e. The first-order valence-electron chi connectivity index (χ1n) is 11.5. The van der Waals surface area contributed by atoms with E-state index in [2.05, 4.69) is 10.2 Å². The van der Waals surface area contributed by atoms with Gasteiger partial charge < -0.3 is 25.4 Å². The second-order valence-corrected chi connectivity index (χ2v) is 10.4. The van der Waals surface area contributed by atoms with Crippen LogP contribution in [0.15, 0.2) is 0 Å². The number of carbonyl (C=O) groups excluding carboxylic acids is 2. The van der Waals surface area contributed by atoms with Gasteiger partial charge in [0, 0.05) is 32.1 Å². The lowest BCUT2D eigenvalue weighted by atomic mass is 9.80. The predicted molar refractivity (Wildman–Crippen MR) is 127 cm³/mol. The maximum atomic E-state index is 13.3. The Kier molecular flexibility index (Phi) is 6.61. The van der Waals surface area contributed by atoms with Crippen molar-refractivity contribution in [1.82, 2.24) is 20.0 Å². The molecule has 2 fully saturated rings. The van der Waals surface area contributed by atoms with E-state index >= 15 is 0 Å². The van der Waals surface area contributed by atoms with Crippen LogP contribution in [0.25, 0.3) is 10.2 Å². The van der Waals surface area contributed by atoms with Crippen molar-refractivity contribution >= 4 is 39.1 Å². The number of aryl methyl sites for hydroxylation is 2. The number of piperidine rings is 1. The zero-order chi connectivity index (χ0) is 23.9. The number of ether oxygens (including phenoxy) is 1. The third-order valence-corrected chi connectivity index (χ3v) is 8.45. The van der Waals surface area contributed by atoms with Crippen molar-refractivity contribution in [1.29, 1.82) is 0 Å². The van der Waals surface area contributed by atoms with E-state index in [9.17, 15) is 14.7 Å². The normalized spacial score (nSPS) is 22.8. The molecule has 4 rings (SSSR count).